The monoisotopic (exact) mass is 190 g/mol. The van der Waals surface area contributed by atoms with Crippen LogP contribution in [0.3, 0.4) is 0 Å². The summed E-state index contributed by atoms with van der Waals surface area (Å²) >= 11 is -2.32. The van der Waals surface area contributed by atoms with Gasteiger partial charge in [-0.15, -0.1) is 0 Å². The predicted molar refractivity (Wildman–Crippen MR) is 39.3 cm³/mol. The van der Waals surface area contributed by atoms with Gasteiger partial charge < -0.3 is 9.66 Å². The minimum Gasteiger partial charge on any atom is -0.476 e. The van der Waals surface area contributed by atoms with E-state index in [9.17, 15) is 9.00 Å². The molecule has 1 aromatic rings. The third-order valence-electron chi connectivity index (χ3n) is 1.27. The van der Waals surface area contributed by atoms with E-state index in [4.69, 9.17) is 9.66 Å². The second-order valence-corrected chi connectivity index (χ2v) is 2.99. The smallest absolute Gasteiger partial charge is 0.357 e. The molecule has 1 atom stereocenters. The second kappa shape index (κ2) is 3.03. The minimum atomic E-state index is -2.32. The van der Waals surface area contributed by atoms with E-state index in [1.54, 1.807) is 0 Å². The number of aryl methyl sites for hydroxylation is 1. The lowest BCUT2D eigenvalue weighted by molar-refractivity contribution is 0.0686. The number of carbonyl (C=O) groups is 1. The van der Waals surface area contributed by atoms with Crippen molar-refractivity contribution in [3.8, 4) is 0 Å². The van der Waals surface area contributed by atoms with Gasteiger partial charge in [0, 0.05) is 0 Å². The number of carboxylic acids is 1. The summed E-state index contributed by atoms with van der Waals surface area (Å²) in [6.07, 6.45) is 0. The van der Waals surface area contributed by atoms with Crippen LogP contribution in [-0.2, 0) is 11.1 Å². The lowest BCUT2D eigenvalue weighted by Crippen LogP contribution is -2.02. The van der Waals surface area contributed by atoms with E-state index in [0.29, 0.717) is 0 Å². The maximum Gasteiger partial charge on any atom is 0.357 e. The van der Waals surface area contributed by atoms with Crippen molar-refractivity contribution in [2.24, 2.45) is 0 Å². The number of rotatable bonds is 2. The molecule has 0 spiro atoms. The summed E-state index contributed by atoms with van der Waals surface area (Å²) in [5.41, 5.74) is -0.124. The van der Waals surface area contributed by atoms with Gasteiger partial charge in [-0.25, -0.2) is 9.00 Å². The number of aromatic amines is 1. The van der Waals surface area contributed by atoms with E-state index in [2.05, 4.69) is 10.2 Å². The molecule has 0 amide bonds. The average molecular weight is 190 g/mol. The van der Waals surface area contributed by atoms with Crippen molar-refractivity contribution in [2.45, 2.75) is 11.8 Å². The zero-order valence-corrected chi connectivity index (χ0v) is 6.88. The van der Waals surface area contributed by atoms with Gasteiger partial charge in [-0.05, 0) is 6.92 Å². The number of H-pyrrole nitrogens is 1. The Hall–Kier alpha value is -1.21. The Morgan fingerprint density at radius 3 is 2.58 bits per heavy atom. The maximum atomic E-state index is 10.6. The highest BCUT2D eigenvalue weighted by Crippen LogP contribution is 2.13. The molecular formula is C5H6N2O4S. The zero-order chi connectivity index (χ0) is 9.30. The van der Waals surface area contributed by atoms with E-state index in [-0.39, 0.29) is 10.6 Å². The molecule has 6 nitrogen and oxygen atoms in total. The molecule has 1 aromatic heterocycles. The van der Waals surface area contributed by atoms with Crippen LogP contribution < -0.4 is 0 Å². The number of hydrogen-bond donors (Lipinski definition) is 3. The van der Waals surface area contributed by atoms with Gasteiger partial charge in [0.15, 0.2) is 16.8 Å². The molecule has 12 heavy (non-hydrogen) atoms. The third kappa shape index (κ3) is 1.36. The standard InChI is InChI=1S/C5H6N2O4S/c1-2-4(12(10)11)3(5(8)9)7-6-2/h1H3,(H,6,7)(H,8,9)(H,10,11). The van der Waals surface area contributed by atoms with Gasteiger partial charge in [-0.1, -0.05) is 0 Å². The Morgan fingerprint density at radius 2 is 2.25 bits per heavy atom. The molecule has 3 N–H and O–H groups in total. The molecule has 1 unspecified atom stereocenters. The first kappa shape index (κ1) is 8.88. The Labute approximate surface area is 69.9 Å². The van der Waals surface area contributed by atoms with E-state index < -0.39 is 22.7 Å². The topological polar surface area (TPSA) is 103 Å². The Balaban J connectivity index is 3.31. The molecule has 0 aliphatic carbocycles. The fourth-order valence-corrected chi connectivity index (χ4v) is 1.38. The average Bonchev–Trinajstić information content (AvgIpc) is 2.30. The van der Waals surface area contributed by atoms with Gasteiger partial charge in [0.1, 0.15) is 4.90 Å². The van der Waals surface area contributed by atoms with Gasteiger partial charge in [0.25, 0.3) is 0 Å². The van der Waals surface area contributed by atoms with Gasteiger partial charge in [-0.2, -0.15) is 5.10 Å². The maximum absolute atomic E-state index is 10.6. The molecule has 0 aromatic carbocycles. The Morgan fingerprint density at radius 1 is 1.67 bits per heavy atom. The summed E-state index contributed by atoms with van der Waals surface area (Å²) < 4.78 is 19.3. The highest BCUT2D eigenvalue weighted by Gasteiger charge is 2.20. The molecule has 66 valence electrons. The summed E-state index contributed by atoms with van der Waals surface area (Å²) in [5.74, 6) is -1.32. The molecule has 0 bridgehead atoms. The molecule has 0 saturated carbocycles. The molecule has 1 rings (SSSR count). The van der Waals surface area contributed by atoms with E-state index in [1.165, 1.54) is 6.92 Å². The summed E-state index contributed by atoms with van der Waals surface area (Å²) in [7, 11) is 0. The molecular weight excluding hydrogens is 184 g/mol. The van der Waals surface area contributed by atoms with Crippen LogP contribution in [0.15, 0.2) is 4.90 Å². The van der Waals surface area contributed by atoms with Gasteiger partial charge in [0.2, 0.25) is 0 Å². The Bertz CT molecular complexity index is 345. The van der Waals surface area contributed by atoms with E-state index in [0.717, 1.165) is 0 Å². The Kier molecular flexibility index (Phi) is 2.25. The second-order valence-electron chi connectivity index (χ2n) is 2.08. The van der Waals surface area contributed by atoms with Crippen LogP contribution in [0, 0.1) is 6.92 Å². The molecule has 0 radical (unpaired) electrons. The highest BCUT2D eigenvalue weighted by atomic mass is 32.2. The van der Waals surface area contributed by atoms with Crippen molar-refractivity contribution in [1.29, 1.82) is 0 Å². The minimum absolute atomic E-state index is 0.178. The van der Waals surface area contributed by atoms with Crippen LogP contribution >= 0.6 is 0 Å². The fourth-order valence-electron chi connectivity index (χ4n) is 0.778. The molecule has 1 heterocycles. The van der Waals surface area contributed by atoms with Crippen molar-refractivity contribution in [1.82, 2.24) is 10.2 Å². The van der Waals surface area contributed by atoms with E-state index in [1.807, 2.05) is 0 Å². The summed E-state index contributed by atoms with van der Waals surface area (Å²) in [4.78, 5) is 10.2. The van der Waals surface area contributed by atoms with E-state index >= 15 is 0 Å². The lowest BCUT2D eigenvalue weighted by Gasteiger charge is -1.91. The quantitative estimate of drug-likeness (QED) is 0.569. The SMILES string of the molecule is Cc1[nH]nc(C(=O)O)c1S(=O)O. The summed E-state index contributed by atoms with van der Waals surface area (Å²) in [5, 5.41) is 14.2. The number of hydrogen-bond acceptors (Lipinski definition) is 3. The van der Waals surface area contributed by atoms with Gasteiger partial charge >= 0.3 is 5.97 Å². The molecule has 0 aliphatic rings. The van der Waals surface area contributed by atoms with Crippen molar-refractivity contribution in [3.63, 3.8) is 0 Å². The van der Waals surface area contributed by atoms with Crippen LogP contribution in [-0.4, -0.2) is 30.0 Å². The summed E-state index contributed by atoms with van der Waals surface area (Å²) in [6.45, 7) is 1.48. The van der Waals surface area contributed by atoms with Crippen LogP contribution in [0.4, 0.5) is 0 Å². The number of carboxylic acid groups (broad SMARTS) is 1. The van der Waals surface area contributed by atoms with Crippen LogP contribution in [0.5, 0.6) is 0 Å². The molecule has 0 aliphatic heterocycles. The first-order valence-corrected chi connectivity index (χ1v) is 4.04. The first-order chi connectivity index (χ1) is 5.54. The zero-order valence-electron chi connectivity index (χ0n) is 6.07. The highest BCUT2D eigenvalue weighted by molar-refractivity contribution is 7.79. The molecule has 0 saturated heterocycles. The lowest BCUT2D eigenvalue weighted by atomic mass is 10.4. The number of nitrogens with zero attached hydrogens (tertiary/aromatic N) is 1. The largest absolute Gasteiger partial charge is 0.476 e. The van der Waals surface area contributed by atoms with Gasteiger partial charge in [0.05, 0.1) is 5.69 Å². The number of nitrogens with one attached hydrogen (secondary N) is 1. The molecule has 0 fully saturated rings. The van der Waals surface area contributed by atoms with Crippen LogP contribution in [0.1, 0.15) is 16.2 Å². The predicted octanol–water partition coefficient (Wildman–Crippen LogP) is -0.00308. The van der Waals surface area contributed by atoms with Crippen molar-refractivity contribution in [3.05, 3.63) is 11.4 Å². The summed E-state index contributed by atoms with van der Waals surface area (Å²) in [6, 6.07) is 0. The number of aromatic nitrogens is 2. The fraction of sp³-hybridized carbons (Fsp3) is 0.200. The van der Waals surface area contributed by atoms with Crippen LogP contribution in [0.25, 0.3) is 0 Å². The van der Waals surface area contributed by atoms with Crippen molar-refractivity contribution < 1.29 is 18.7 Å². The van der Waals surface area contributed by atoms with Gasteiger partial charge in [-0.3, -0.25) is 5.10 Å². The third-order valence-corrected chi connectivity index (χ3v) is 2.12. The van der Waals surface area contributed by atoms with Crippen LogP contribution in [0.2, 0.25) is 0 Å². The normalized spacial score (nSPS) is 12.8. The molecule has 7 heteroatoms. The van der Waals surface area contributed by atoms with Crippen molar-refractivity contribution >= 4 is 17.0 Å². The number of aromatic carboxylic acids is 1. The first-order valence-electron chi connectivity index (χ1n) is 2.93. The van der Waals surface area contributed by atoms with Crippen molar-refractivity contribution in [2.75, 3.05) is 0 Å².